The van der Waals surface area contributed by atoms with Crippen molar-refractivity contribution in [2.75, 3.05) is 54.1 Å². The Hall–Kier alpha value is -0.500. The summed E-state index contributed by atoms with van der Waals surface area (Å²) in [6, 6.07) is 0. The third-order valence-electron chi connectivity index (χ3n) is 10.9. The second kappa shape index (κ2) is 41.2. The summed E-state index contributed by atoms with van der Waals surface area (Å²) in [6.07, 6.45) is 44.3. The van der Waals surface area contributed by atoms with Crippen LogP contribution in [0, 0.1) is 0 Å². The lowest BCUT2D eigenvalue weighted by Crippen LogP contribution is -2.37. The molecule has 0 saturated carbocycles. The van der Waals surface area contributed by atoms with Gasteiger partial charge in [-0.3, -0.25) is 13.8 Å². The molecule has 0 aliphatic carbocycles. The predicted octanol–water partition coefficient (Wildman–Crippen LogP) is 14.4. The van der Waals surface area contributed by atoms with E-state index in [0.29, 0.717) is 24.1 Å². The molecule has 0 aromatic rings. The quantitative estimate of drug-likeness (QED) is 0.0283. The number of quaternary nitrogens is 1. The minimum Gasteiger partial charge on any atom is -0.457 e. The molecule has 0 bridgehead atoms. The minimum absolute atomic E-state index is 0.0940. The largest absolute Gasteiger partial charge is 0.472 e. The highest BCUT2D eigenvalue weighted by molar-refractivity contribution is 7.47. The van der Waals surface area contributed by atoms with Gasteiger partial charge in [0.1, 0.15) is 19.3 Å². The average molecular weight is 819 g/mol. The summed E-state index contributed by atoms with van der Waals surface area (Å²) >= 11 is 0. The van der Waals surface area contributed by atoms with E-state index in [-0.39, 0.29) is 25.8 Å². The normalized spacial score (nSPS) is 13.6. The Labute approximate surface area is 348 Å². The van der Waals surface area contributed by atoms with Crippen molar-refractivity contribution in [1.82, 2.24) is 0 Å². The Bertz CT molecular complexity index is 868. The summed E-state index contributed by atoms with van der Waals surface area (Å²) in [7, 11) is 1.69. The van der Waals surface area contributed by atoms with Gasteiger partial charge in [0.25, 0.3) is 0 Å². The molecule has 0 spiro atoms. The SMILES string of the molecule is CCCCCCCCCCCCCCCCCCCCCCCOCC(COP(=O)(O)OCC[N+](C)(C)C)OC(=O)CCCCCCCCCCCCCCC. The molecule has 336 valence electrons. The monoisotopic (exact) mass is 819 g/mol. The van der Waals surface area contributed by atoms with Crippen molar-refractivity contribution in [1.29, 1.82) is 0 Å². The summed E-state index contributed by atoms with van der Waals surface area (Å²) in [6.45, 7) is 5.69. The molecule has 0 saturated heterocycles. The molecule has 2 unspecified atom stereocenters. The van der Waals surface area contributed by atoms with Crippen molar-refractivity contribution in [3.63, 3.8) is 0 Å². The number of esters is 1. The van der Waals surface area contributed by atoms with E-state index in [1.54, 1.807) is 0 Å². The fraction of sp³-hybridized carbons (Fsp3) is 0.979. The number of phosphoric ester groups is 1. The first kappa shape index (κ1) is 55.5. The molecule has 0 fully saturated rings. The van der Waals surface area contributed by atoms with E-state index >= 15 is 0 Å². The van der Waals surface area contributed by atoms with Crippen LogP contribution in [0.15, 0.2) is 0 Å². The Kier molecular flexibility index (Phi) is 40.9. The van der Waals surface area contributed by atoms with Crippen LogP contribution in [0.3, 0.4) is 0 Å². The van der Waals surface area contributed by atoms with Gasteiger partial charge in [-0.15, -0.1) is 0 Å². The maximum absolute atomic E-state index is 12.7. The number of likely N-dealkylation sites (N-methyl/N-ethyl adjacent to an activating group) is 1. The van der Waals surface area contributed by atoms with Crippen LogP contribution in [0.1, 0.15) is 239 Å². The molecule has 0 aliphatic heterocycles. The second-order valence-electron chi connectivity index (χ2n) is 17.9. The first-order valence-electron chi connectivity index (χ1n) is 24.3. The fourth-order valence-corrected chi connectivity index (χ4v) is 7.89. The third-order valence-corrected chi connectivity index (χ3v) is 11.9. The molecule has 0 heterocycles. The smallest absolute Gasteiger partial charge is 0.457 e. The van der Waals surface area contributed by atoms with Crippen LogP contribution >= 0.6 is 7.82 Å². The zero-order valence-corrected chi connectivity index (χ0v) is 39.0. The van der Waals surface area contributed by atoms with Crippen LogP contribution in [0.25, 0.3) is 0 Å². The summed E-state index contributed by atoms with van der Waals surface area (Å²) in [4.78, 5) is 22.9. The number of nitrogens with zero attached hydrogens (tertiary/aromatic N) is 1. The minimum atomic E-state index is -4.27. The molecule has 0 rings (SSSR count). The first-order chi connectivity index (χ1) is 27.1. The van der Waals surface area contributed by atoms with E-state index in [9.17, 15) is 14.3 Å². The number of carbonyl (C=O) groups excluding carboxylic acids is 1. The molecule has 56 heavy (non-hydrogen) atoms. The fourth-order valence-electron chi connectivity index (χ4n) is 7.14. The van der Waals surface area contributed by atoms with Crippen molar-refractivity contribution in [3.8, 4) is 0 Å². The van der Waals surface area contributed by atoms with Gasteiger partial charge in [0.2, 0.25) is 0 Å². The van der Waals surface area contributed by atoms with Crippen LogP contribution in [-0.2, 0) is 27.9 Å². The van der Waals surface area contributed by atoms with Crippen molar-refractivity contribution < 1.29 is 37.3 Å². The zero-order valence-electron chi connectivity index (χ0n) is 38.2. The maximum Gasteiger partial charge on any atom is 0.472 e. The van der Waals surface area contributed by atoms with Crippen molar-refractivity contribution in [2.45, 2.75) is 245 Å². The number of hydrogen-bond acceptors (Lipinski definition) is 6. The molecule has 0 radical (unpaired) electrons. The van der Waals surface area contributed by atoms with Gasteiger partial charge in [0, 0.05) is 13.0 Å². The van der Waals surface area contributed by atoms with Crippen LogP contribution in [-0.4, -0.2) is 75.6 Å². The molecular weight excluding hydrogens is 721 g/mol. The highest BCUT2D eigenvalue weighted by Crippen LogP contribution is 2.43. The standard InChI is InChI=1S/C47H96NO7P/c1-6-8-10-12-14-16-18-20-21-22-23-24-25-26-27-29-31-33-35-37-39-42-52-44-46(45-54-56(50,51)53-43-41-48(3,4)5)55-47(49)40-38-36-34-32-30-28-19-17-15-13-11-9-7-2/h46H,6-45H2,1-5H3/p+1. The number of unbranched alkanes of at least 4 members (excludes halogenated alkanes) is 32. The van der Waals surface area contributed by atoms with Crippen molar-refractivity contribution >= 4 is 13.8 Å². The van der Waals surface area contributed by atoms with E-state index in [1.165, 1.54) is 186 Å². The van der Waals surface area contributed by atoms with E-state index in [1.807, 2.05) is 21.1 Å². The van der Waals surface area contributed by atoms with Gasteiger partial charge in [0.15, 0.2) is 0 Å². The summed E-state index contributed by atoms with van der Waals surface area (Å²) in [5, 5.41) is 0. The highest BCUT2D eigenvalue weighted by atomic mass is 31.2. The third kappa shape index (κ3) is 44.6. The second-order valence-corrected chi connectivity index (χ2v) is 19.3. The molecular formula is C47H97NO7P+. The van der Waals surface area contributed by atoms with Crippen LogP contribution < -0.4 is 0 Å². The molecule has 8 nitrogen and oxygen atoms in total. The molecule has 0 aromatic carbocycles. The number of phosphoric acid groups is 1. The Morgan fingerprint density at radius 2 is 0.821 bits per heavy atom. The number of carbonyl (C=O) groups is 1. The molecule has 1 N–H and O–H groups in total. The summed E-state index contributed by atoms with van der Waals surface area (Å²) in [5.41, 5.74) is 0. The van der Waals surface area contributed by atoms with Gasteiger partial charge in [0.05, 0.1) is 34.4 Å². The van der Waals surface area contributed by atoms with Gasteiger partial charge < -0.3 is 18.9 Å². The topological polar surface area (TPSA) is 91.3 Å². The van der Waals surface area contributed by atoms with Crippen LogP contribution in [0.5, 0.6) is 0 Å². The summed E-state index contributed by atoms with van der Waals surface area (Å²) < 4.78 is 35.1. The molecule has 2 atom stereocenters. The van der Waals surface area contributed by atoms with E-state index < -0.39 is 13.9 Å². The number of rotatable bonds is 46. The molecule has 9 heteroatoms. The molecule has 0 aliphatic rings. The Morgan fingerprint density at radius 1 is 0.482 bits per heavy atom. The lowest BCUT2D eigenvalue weighted by molar-refractivity contribution is -0.870. The predicted molar refractivity (Wildman–Crippen MR) is 238 cm³/mol. The molecule has 0 aromatic heterocycles. The van der Waals surface area contributed by atoms with Crippen LogP contribution in [0.4, 0.5) is 0 Å². The molecule has 0 amide bonds. The van der Waals surface area contributed by atoms with Crippen molar-refractivity contribution in [3.05, 3.63) is 0 Å². The van der Waals surface area contributed by atoms with Gasteiger partial charge in [-0.25, -0.2) is 4.57 Å². The highest BCUT2D eigenvalue weighted by Gasteiger charge is 2.26. The Morgan fingerprint density at radius 3 is 1.18 bits per heavy atom. The van der Waals surface area contributed by atoms with E-state index in [0.717, 1.165) is 32.1 Å². The van der Waals surface area contributed by atoms with Crippen molar-refractivity contribution in [2.24, 2.45) is 0 Å². The van der Waals surface area contributed by atoms with Gasteiger partial charge in [-0.1, -0.05) is 219 Å². The van der Waals surface area contributed by atoms with Crippen LogP contribution in [0.2, 0.25) is 0 Å². The average Bonchev–Trinajstić information content (AvgIpc) is 3.15. The van der Waals surface area contributed by atoms with Gasteiger partial charge >= 0.3 is 13.8 Å². The number of ether oxygens (including phenoxy) is 2. The Balaban J connectivity index is 4.07. The van der Waals surface area contributed by atoms with Gasteiger partial charge in [-0.2, -0.15) is 0 Å². The summed E-state index contributed by atoms with van der Waals surface area (Å²) in [5.74, 6) is -0.307. The van der Waals surface area contributed by atoms with E-state index in [4.69, 9.17) is 18.5 Å². The maximum atomic E-state index is 12.7. The number of hydrogen-bond donors (Lipinski definition) is 1. The van der Waals surface area contributed by atoms with E-state index in [2.05, 4.69) is 13.8 Å². The lowest BCUT2D eigenvalue weighted by Gasteiger charge is -2.24. The zero-order chi connectivity index (χ0) is 41.3. The van der Waals surface area contributed by atoms with Gasteiger partial charge in [-0.05, 0) is 12.8 Å². The first-order valence-corrected chi connectivity index (χ1v) is 25.8. The lowest BCUT2D eigenvalue weighted by atomic mass is 10.0.